The first-order chi connectivity index (χ1) is 14.0. The predicted molar refractivity (Wildman–Crippen MR) is 109 cm³/mol. The molecule has 4 rings (SSSR count). The van der Waals surface area contributed by atoms with Gasteiger partial charge in [0.1, 0.15) is 0 Å². The van der Waals surface area contributed by atoms with Crippen molar-refractivity contribution in [2.75, 3.05) is 13.1 Å². The van der Waals surface area contributed by atoms with Crippen LogP contribution in [0.5, 0.6) is 0 Å². The Morgan fingerprint density at radius 2 is 1.90 bits per heavy atom. The van der Waals surface area contributed by atoms with Gasteiger partial charge in [-0.3, -0.25) is 4.79 Å². The number of hydrogen-bond acceptors (Lipinski definition) is 5. The molecular formula is C21H23N3O4S. The van der Waals surface area contributed by atoms with Crippen LogP contribution in [0.15, 0.2) is 51.9 Å². The number of nitrogens with one attached hydrogen (secondary N) is 1. The molecule has 7 nitrogen and oxygen atoms in total. The van der Waals surface area contributed by atoms with Crippen LogP contribution in [-0.4, -0.2) is 37.5 Å². The summed E-state index contributed by atoms with van der Waals surface area (Å²) in [5, 5.41) is 4.33. The maximum atomic E-state index is 12.8. The first-order valence-corrected chi connectivity index (χ1v) is 11.2. The highest BCUT2D eigenvalue weighted by Gasteiger charge is 2.25. The zero-order chi connectivity index (χ0) is 20.4. The Morgan fingerprint density at radius 3 is 2.66 bits per heavy atom. The number of fused-ring (bicyclic) bond motifs is 1. The fraction of sp³-hybridized carbons (Fsp3) is 0.333. The molecule has 8 heteroatoms. The van der Waals surface area contributed by atoms with E-state index in [1.54, 1.807) is 4.90 Å². The largest absolute Gasteiger partial charge is 0.355 e. The molecule has 1 fully saturated rings. The highest BCUT2D eigenvalue weighted by atomic mass is 32.2. The lowest BCUT2D eigenvalue weighted by atomic mass is 10.1. The van der Waals surface area contributed by atoms with Crippen molar-refractivity contribution in [1.82, 2.24) is 14.8 Å². The Kier molecular flexibility index (Phi) is 5.38. The number of hydrogen-bond donors (Lipinski definition) is 1. The minimum Gasteiger partial charge on any atom is -0.355 e. The number of amides is 1. The van der Waals surface area contributed by atoms with E-state index in [2.05, 4.69) is 9.88 Å². The molecule has 0 bridgehead atoms. The van der Waals surface area contributed by atoms with Crippen molar-refractivity contribution in [3.63, 3.8) is 0 Å². The topological polar surface area (TPSA) is 92.5 Å². The number of carbonyl (C=O) groups excluding carboxylic acids is 1. The molecule has 0 spiro atoms. The molecule has 1 aliphatic rings. The molecule has 0 aliphatic carbocycles. The summed E-state index contributed by atoms with van der Waals surface area (Å²) < 4.78 is 33.5. The summed E-state index contributed by atoms with van der Waals surface area (Å²) in [6, 6.07) is 12.1. The van der Waals surface area contributed by atoms with Crippen molar-refractivity contribution < 1.29 is 17.7 Å². The second-order valence-corrected chi connectivity index (χ2v) is 9.06. The van der Waals surface area contributed by atoms with Crippen molar-refractivity contribution in [3.05, 3.63) is 59.3 Å². The number of carbonyl (C=O) groups is 1. The fourth-order valence-electron chi connectivity index (χ4n) is 3.55. The van der Waals surface area contributed by atoms with E-state index in [0.29, 0.717) is 24.1 Å². The van der Waals surface area contributed by atoms with E-state index in [0.717, 1.165) is 30.4 Å². The molecule has 1 N–H and O–H groups in total. The second-order valence-electron chi connectivity index (χ2n) is 7.29. The Balaban J connectivity index is 1.60. The highest BCUT2D eigenvalue weighted by molar-refractivity contribution is 7.89. The average molecular weight is 413 g/mol. The SMILES string of the molecule is Cc1ccccc1CNS(=O)(=O)c1ccc2onc(C(=O)N3CCCCC3)c2c1. The van der Waals surface area contributed by atoms with Crippen LogP contribution in [0.4, 0.5) is 0 Å². The molecule has 0 atom stereocenters. The fourth-order valence-corrected chi connectivity index (χ4v) is 4.58. The Hall–Kier alpha value is -2.71. The smallest absolute Gasteiger partial charge is 0.276 e. The number of benzene rings is 2. The summed E-state index contributed by atoms with van der Waals surface area (Å²) in [4.78, 5) is 14.6. The number of likely N-dealkylation sites (tertiary alicyclic amines) is 1. The number of rotatable bonds is 5. The van der Waals surface area contributed by atoms with Crippen LogP contribution in [0.25, 0.3) is 11.0 Å². The summed E-state index contributed by atoms with van der Waals surface area (Å²) in [5.41, 5.74) is 2.48. The third kappa shape index (κ3) is 4.04. The van der Waals surface area contributed by atoms with Gasteiger partial charge in [0.05, 0.1) is 10.3 Å². The molecule has 1 aliphatic heterocycles. The third-order valence-electron chi connectivity index (χ3n) is 5.31. The molecule has 0 saturated carbocycles. The molecule has 152 valence electrons. The van der Waals surface area contributed by atoms with Crippen molar-refractivity contribution in [2.24, 2.45) is 0 Å². The van der Waals surface area contributed by atoms with Gasteiger partial charge in [-0.25, -0.2) is 13.1 Å². The van der Waals surface area contributed by atoms with Gasteiger partial charge in [-0.05, 0) is 55.5 Å². The van der Waals surface area contributed by atoms with Crippen LogP contribution in [0, 0.1) is 6.92 Å². The van der Waals surface area contributed by atoms with Gasteiger partial charge >= 0.3 is 0 Å². The van der Waals surface area contributed by atoms with Crippen LogP contribution < -0.4 is 4.72 Å². The number of nitrogens with zero attached hydrogens (tertiary/aromatic N) is 2. The first kappa shape index (κ1) is 19.6. The normalized spacial score (nSPS) is 15.0. The molecule has 1 amide bonds. The first-order valence-electron chi connectivity index (χ1n) is 9.68. The minimum atomic E-state index is -3.76. The van der Waals surface area contributed by atoms with Crippen molar-refractivity contribution in [3.8, 4) is 0 Å². The quantitative estimate of drug-likeness (QED) is 0.693. The Labute approximate surface area is 169 Å². The van der Waals surface area contributed by atoms with Gasteiger partial charge in [-0.2, -0.15) is 0 Å². The van der Waals surface area contributed by atoms with Gasteiger partial charge in [0, 0.05) is 19.6 Å². The zero-order valence-electron chi connectivity index (χ0n) is 16.2. The predicted octanol–water partition coefficient (Wildman–Crippen LogP) is 3.24. The van der Waals surface area contributed by atoms with E-state index in [1.165, 1.54) is 18.2 Å². The lowest BCUT2D eigenvalue weighted by molar-refractivity contribution is 0.0716. The van der Waals surface area contributed by atoms with Gasteiger partial charge in [-0.1, -0.05) is 29.4 Å². The number of sulfonamides is 1. The number of piperidine rings is 1. The van der Waals surface area contributed by atoms with E-state index in [-0.39, 0.29) is 23.0 Å². The standard InChI is InChI=1S/C21H23N3O4S/c1-15-7-3-4-8-16(15)14-22-29(26,27)17-9-10-19-18(13-17)20(23-28-19)21(25)24-11-5-2-6-12-24/h3-4,7-10,13,22H,2,5-6,11-12,14H2,1H3. The summed E-state index contributed by atoms with van der Waals surface area (Å²) in [7, 11) is -3.76. The van der Waals surface area contributed by atoms with Crippen molar-refractivity contribution >= 4 is 26.9 Å². The van der Waals surface area contributed by atoms with Gasteiger partial charge in [0.2, 0.25) is 10.0 Å². The summed E-state index contributed by atoms with van der Waals surface area (Å²) in [6.07, 6.45) is 3.03. The molecule has 1 aromatic heterocycles. The average Bonchev–Trinajstić information content (AvgIpc) is 3.16. The third-order valence-corrected chi connectivity index (χ3v) is 6.71. The molecule has 2 aromatic carbocycles. The van der Waals surface area contributed by atoms with E-state index in [9.17, 15) is 13.2 Å². The van der Waals surface area contributed by atoms with E-state index < -0.39 is 10.0 Å². The monoisotopic (exact) mass is 413 g/mol. The van der Waals surface area contributed by atoms with Gasteiger partial charge in [-0.15, -0.1) is 0 Å². The number of aromatic nitrogens is 1. The van der Waals surface area contributed by atoms with Crippen LogP contribution in [0.1, 0.15) is 40.9 Å². The lowest BCUT2D eigenvalue weighted by Crippen LogP contribution is -2.35. The Morgan fingerprint density at radius 1 is 1.14 bits per heavy atom. The summed E-state index contributed by atoms with van der Waals surface area (Å²) in [6.45, 7) is 3.49. The highest BCUT2D eigenvalue weighted by Crippen LogP contribution is 2.25. The molecule has 0 unspecified atom stereocenters. The number of aryl methyl sites for hydroxylation is 1. The van der Waals surface area contributed by atoms with Gasteiger partial charge in [0.15, 0.2) is 11.3 Å². The summed E-state index contributed by atoms with van der Waals surface area (Å²) in [5.74, 6) is -0.217. The van der Waals surface area contributed by atoms with E-state index >= 15 is 0 Å². The van der Waals surface area contributed by atoms with Crippen molar-refractivity contribution in [2.45, 2.75) is 37.6 Å². The Bertz CT molecular complexity index is 1150. The maximum Gasteiger partial charge on any atom is 0.276 e. The van der Waals surface area contributed by atoms with Gasteiger partial charge in [0.25, 0.3) is 5.91 Å². The molecule has 1 saturated heterocycles. The summed E-state index contributed by atoms with van der Waals surface area (Å²) >= 11 is 0. The van der Waals surface area contributed by atoms with Crippen LogP contribution >= 0.6 is 0 Å². The lowest BCUT2D eigenvalue weighted by Gasteiger charge is -2.25. The molecule has 2 heterocycles. The van der Waals surface area contributed by atoms with Crippen LogP contribution in [-0.2, 0) is 16.6 Å². The van der Waals surface area contributed by atoms with Crippen LogP contribution in [0.2, 0.25) is 0 Å². The molecule has 29 heavy (non-hydrogen) atoms. The van der Waals surface area contributed by atoms with Gasteiger partial charge < -0.3 is 9.42 Å². The molecular weight excluding hydrogens is 390 g/mol. The van der Waals surface area contributed by atoms with E-state index in [4.69, 9.17) is 4.52 Å². The van der Waals surface area contributed by atoms with Crippen LogP contribution in [0.3, 0.4) is 0 Å². The maximum absolute atomic E-state index is 12.8. The molecule has 0 radical (unpaired) electrons. The van der Waals surface area contributed by atoms with E-state index in [1.807, 2.05) is 31.2 Å². The van der Waals surface area contributed by atoms with Crippen molar-refractivity contribution in [1.29, 1.82) is 0 Å². The second kappa shape index (κ2) is 7.96. The minimum absolute atomic E-state index is 0.0782. The zero-order valence-corrected chi connectivity index (χ0v) is 17.0. The molecule has 3 aromatic rings.